The first-order valence-corrected chi connectivity index (χ1v) is 10.4. The van der Waals surface area contributed by atoms with Gasteiger partial charge in [0, 0.05) is 32.7 Å². The van der Waals surface area contributed by atoms with Gasteiger partial charge >= 0.3 is 6.09 Å². The Balaban J connectivity index is 1.83. The van der Waals surface area contributed by atoms with Crippen LogP contribution >= 0.6 is 0 Å². The average molecular weight is 421 g/mol. The summed E-state index contributed by atoms with van der Waals surface area (Å²) in [5.74, 6) is 2.30. The molecule has 1 aliphatic heterocycles. The molecule has 0 radical (unpaired) electrons. The second-order valence-electron chi connectivity index (χ2n) is 8.65. The van der Waals surface area contributed by atoms with Gasteiger partial charge in [-0.3, -0.25) is 4.99 Å². The lowest BCUT2D eigenvalue weighted by Gasteiger charge is -2.36. The van der Waals surface area contributed by atoms with Crippen LogP contribution in [0.25, 0.3) is 0 Å². The van der Waals surface area contributed by atoms with Crippen LogP contribution in [-0.4, -0.2) is 74.4 Å². The summed E-state index contributed by atoms with van der Waals surface area (Å²) in [7, 11) is 3.27. The summed E-state index contributed by atoms with van der Waals surface area (Å²) < 4.78 is 16.1. The molecule has 1 fully saturated rings. The number of hydrogen-bond donors (Lipinski definition) is 1. The third-order valence-corrected chi connectivity index (χ3v) is 4.85. The summed E-state index contributed by atoms with van der Waals surface area (Å²) in [6.45, 7) is 10.8. The number of aliphatic imine (C=N–C) groups is 1. The predicted molar refractivity (Wildman–Crippen MR) is 118 cm³/mol. The van der Waals surface area contributed by atoms with Crippen LogP contribution in [0.1, 0.15) is 33.3 Å². The number of nitrogens with two attached hydrogens (primary N) is 1. The van der Waals surface area contributed by atoms with E-state index in [1.165, 1.54) is 5.56 Å². The van der Waals surface area contributed by atoms with Gasteiger partial charge in [0.25, 0.3) is 0 Å². The van der Waals surface area contributed by atoms with Crippen molar-refractivity contribution < 1.29 is 19.0 Å². The first-order chi connectivity index (χ1) is 14.1. The van der Waals surface area contributed by atoms with Gasteiger partial charge in [0.1, 0.15) is 5.60 Å². The van der Waals surface area contributed by atoms with Gasteiger partial charge in [-0.05, 0) is 50.8 Å². The number of hydrogen-bond acceptors (Lipinski definition) is 5. The molecule has 0 saturated carbocycles. The molecule has 1 aromatic carbocycles. The van der Waals surface area contributed by atoms with E-state index in [9.17, 15) is 4.79 Å². The van der Waals surface area contributed by atoms with Crippen LogP contribution in [0.5, 0.6) is 11.5 Å². The number of guanidine groups is 1. The zero-order chi connectivity index (χ0) is 22.3. The molecule has 1 heterocycles. The molecule has 0 aliphatic carbocycles. The molecule has 8 heteroatoms. The molecule has 2 N–H and O–H groups in total. The molecule has 1 aliphatic rings. The smallest absolute Gasteiger partial charge is 0.410 e. The Morgan fingerprint density at radius 3 is 2.27 bits per heavy atom. The predicted octanol–water partition coefficient (Wildman–Crippen LogP) is 2.75. The fourth-order valence-electron chi connectivity index (χ4n) is 3.27. The van der Waals surface area contributed by atoms with Gasteiger partial charge in [0.2, 0.25) is 0 Å². The number of rotatable bonds is 6. The van der Waals surface area contributed by atoms with Gasteiger partial charge in [0.15, 0.2) is 17.5 Å². The summed E-state index contributed by atoms with van der Waals surface area (Å²) >= 11 is 0. The second kappa shape index (κ2) is 10.4. The van der Waals surface area contributed by atoms with Crippen molar-refractivity contribution >= 4 is 12.1 Å². The normalized spacial score (nSPS) is 16.3. The van der Waals surface area contributed by atoms with Crippen molar-refractivity contribution in [3.8, 4) is 11.5 Å². The first-order valence-electron chi connectivity index (χ1n) is 10.4. The summed E-state index contributed by atoms with van der Waals surface area (Å²) in [6.07, 6.45) is 0.588. The maximum atomic E-state index is 12.2. The summed E-state index contributed by atoms with van der Waals surface area (Å²) in [6, 6.07) is 5.96. The van der Waals surface area contributed by atoms with E-state index < -0.39 is 5.60 Å². The minimum absolute atomic E-state index is 0.277. The Morgan fingerprint density at radius 2 is 1.70 bits per heavy atom. The third kappa shape index (κ3) is 7.00. The molecule has 0 bridgehead atoms. The lowest BCUT2D eigenvalue weighted by atomic mass is 10.0. The summed E-state index contributed by atoms with van der Waals surface area (Å²) in [5, 5.41) is 0. The maximum absolute atomic E-state index is 12.2. The van der Waals surface area contributed by atoms with E-state index in [-0.39, 0.29) is 6.09 Å². The van der Waals surface area contributed by atoms with Crippen LogP contribution in [0.3, 0.4) is 0 Å². The number of benzene rings is 1. The molecule has 0 aromatic heterocycles. The lowest BCUT2D eigenvalue weighted by Crippen LogP contribution is -2.53. The van der Waals surface area contributed by atoms with Crippen molar-refractivity contribution in [3.05, 3.63) is 23.8 Å². The van der Waals surface area contributed by atoms with Crippen LogP contribution in [0.15, 0.2) is 23.2 Å². The molecule has 30 heavy (non-hydrogen) atoms. The van der Waals surface area contributed by atoms with Crippen LogP contribution < -0.4 is 15.2 Å². The minimum atomic E-state index is -0.487. The molecule has 1 saturated heterocycles. The van der Waals surface area contributed by atoms with E-state index in [1.54, 1.807) is 19.1 Å². The average Bonchev–Trinajstić information content (AvgIpc) is 2.70. The van der Waals surface area contributed by atoms with Gasteiger partial charge in [-0.2, -0.15) is 0 Å². The monoisotopic (exact) mass is 420 g/mol. The van der Waals surface area contributed by atoms with Crippen LogP contribution in [-0.2, 0) is 11.2 Å². The van der Waals surface area contributed by atoms with E-state index in [0.29, 0.717) is 44.6 Å². The summed E-state index contributed by atoms with van der Waals surface area (Å²) in [5.41, 5.74) is 6.88. The molecule has 1 unspecified atom stereocenters. The Kier molecular flexibility index (Phi) is 8.20. The minimum Gasteiger partial charge on any atom is -0.493 e. The SMILES string of the molecule is COc1ccc(CC(C)CN=C(N)N2CCN(C(=O)OC(C)(C)C)CC2)cc1OC. The van der Waals surface area contributed by atoms with Crippen molar-refractivity contribution in [1.29, 1.82) is 0 Å². The molecule has 1 atom stereocenters. The molecule has 1 amide bonds. The van der Waals surface area contributed by atoms with Crippen molar-refractivity contribution in [2.45, 2.75) is 39.7 Å². The van der Waals surface area contributed by atoms with Gasteiger partial charge in [-0.25, -0.2) is 4.79 Å². The number of carbonyl (C=O) groups excluding carboxylic acids is 1. The molecular formula is C22H36N4O4. The number of carbonyl (C=O) groups is 1. The number of amides is 1. The highest BCUT2D eigenvalue weighted by Crippen LogP contribution is 2.28. The molecule has 2 rings (SSSR count). The number of methoxy groups -OCH3 is 2. The number of piperazine rings is 1. The van der Waals surface area contributed by atoms with Crippen LogP contribution in [0.4, 0.5) is 4.79 Å². The van der Waals surface area contributed by atoms with Crippen LogP contribution in [0, 0.1) is 5.92 Å². The van der Waals surface area contributed by atoms with Gasteiger partial charge < -0.3 is 29.7 Å². The fraction of sp³-hybridized carbons (Fsp3) is 0.636. The molecule has 0 spiro atoms. The Bertz CT molecular complexity index is 737. The highest BCUT2D eigenvalue weighted by Gasteiger charge is 2.26. The van der Waals surface area contributed by atoms with E-state index >= 15 is 0 Å². The standard InChI is InChI=1S/C22H36N4O4/c1-16(13-17-7-8-18(28-5)19(14-17)29-6)15-24-20(23)25-9-11-26(12-10-25)21(27)30-22(2,3)4/h7-8,14,16H,9-13,15H2,1-6H3,(H2,23,24). The second-order valence-corrected chi connectivity index (χ2v) is 8.65. The molecule has 168 valence electrons. The zero-order valence-corrected chi connectivity index (χ0v) is 19.1. The van der Waals surface area contributed by atoms with E-state index in [0.717, 1.165) is 17.9 Å². The highest BCUT2D eigenvalue weighted by molar-refractivity contribution is 5.78. The number of nitrogens with zero attached hydrogens (tertiary/aromatic N) is 3. The van der Waals surface area contributed by atoms with Crippen molar-refractivity contribution in [3.63, 3.8) is 0 Å². The van der Waals surface area contributed by atoms with Crippen molar-refractivity contribution in [1.82, 2.24) is 9.80 Å². The highest BCUT2D eigenvalue weighted by atomic mass is 16.6. The first kappa shape index (κ1) is 23.6. The van der Waals surface area contributed by atoms with Crippen molar-refractivity contribution in [2.75, 3.05) is 46.9 Å². The number of ether oxygens (including phenoxy) is 3. The van der Waals surface area contributed by atoms with E-state index in [1.807, 2.05) is 43.9 Å². The van der Waals surface area contributed by atoms with Gasteiger partial charge in [-0.1, -0.05) is 13.0 Å². The Morgan fingerprint density at radius 1 is 1.10 bits per heavy atom. The Labute approximate surface area is 180 Å². The quantitative estimate of drug-likeness (QED) is 0.562. The van der Waals surface area contributed by atoms with Gasteiger partial charge in [0.05, 0.1) is 14.2 Å². The fourth-order valence-corrected chi connectivity index (χ4v) is 3.27. The van der Waals surface area contributed by atoms with Crippen molar-refractivity contribution in [2.24, 2.45) is 16.6 Å². The largest absolute Gasteiger partial charge is 0.493 e. The van der Waals surface area contributed by atoms with Crippen LogP contribution in [0.2, 0.25) is 0 Å². The van der Waals surface area contributed by atoms with Gasteiger partial charge in [-0.15, -0.1) is 0 Å². The van der Waals surface area contributed by atoms with E-state index in [2.05, 4.69) is 11.9 Å². The Hall–Kier alpha value is -2.64. The summed E-state index contributed by atoms with van der Waals surface area (Å²) in [4.78, 5) is 20.5. The molecule has 8 nitrogen and oxygen atoms in total. The molecular weight excluding hydrogens is 384 g/mol. The maximum Gasteiger partial charge on any atom is 0.410 e. The van der Waals surface area contributed by atoms with E-state index in [4.69, 9.17) is 19.9 Å². The topological polar surface area (TPSA) is 89.6 Å². The third-order valence-electron chi connectivity index (χ3n) is 4.85. The lowest BCUT2D eigenvalue weighted by molar-refractivity contribution is 0.0186. The molecule has 1 aromatic rings. The zero-order valence-electron chi connectivity index (χ0n) is 19.1.